The standard InChI is InChI=1S/C21H43.C3H4O4.2K.Li/c1-4-6-8-10-11-12-13-14-16-18-20-21(3)19-17-15-9-7-5-2;4-2(5)1-3(6)7;;;/h4-20H2,1-3H3;1H2,(H,4,5)(H,6,7);;;/q;;2*+1;/p-2. The summed E-state index contributed by atoms with van der Waals surface area (Å²) in [7, 11) is 0. The van der Waals surface area contributed by atoms with Gasteiger partial charge in [0.25, 0.3) is 0 Å². The minimum absolute atomic E-state index is 0. The molecule has 0 saturated carbocycles. The van der Waals surface area contributed by atoms with Gasteiger partial charge in [0.05, 0.1) is 0 Å². The minimum Gasteiger partial charge on any atom is -0.0654 e. The molecule has 0 aliphatic carbocycles. The fraction of sp³-hybridized carbons (Fsp3) is 0.917. The Morgan fingerprint density at radius 3 is 1.10 bits per heavy atom. The van der Waals surface area contributed by atoms with Crippen molar-refractivity contribution in [2.24, 2.45) is 0 Å². The molecule has 0 saturated heterocycles. The molecule has 0 aromatic rings. The predicted molar refractivity (Wildman–Crippen MR) is 119 cm³/mol. The van der Waals surface area contributed by atoms with Crippen molar-refractivity contribution in [3.05, 3.63) is 0 Å². The molecule has 7 heteroatoms. The second kappa shape index (κ2) is 30.8. The van der Waals surface area contributed by atoms with E-state index in [9.17, 15) is 19.8 Å². The van der Waals surface area contributed by atoms with Gasteiger partial charge in [-0.3, -0.25) is 0 Å². The molecular weight excluding hydrogens is 437 g/mol. The zero-order valence-corrected chi connectivity index (χ0v) is 28.1. The second-order valence-corrected chi connectivity index (χ2v) is 9.18. The third-order valence-corrected chi connectivity index (χ3v) is 5.45. The number of hydrogen-bond acceptors (Lipinski definition) is 4. The van der Waals surface area contributed by atoms with E-state index in [0.717, 1.165) is 0 Å². The Kier molecular flexibility index (Phi) is 40.7. The van der Waals surface area contributed by atoms with Gasteiger partial charge < -0.3 is 19.8 Å². The molecule has 0 aromatic heterocycles. The van der Waals surface area contributed by atoms with Crippen molar-refractivity contribution in [3.63, 3.8) is 0 Å². The smallest absolute Gasteiger partial charge is 0.0654 e. The minimum atomic E-state index is -1.63. The summed E-state index contributed by atoms with van der Waals surface area (Å²) in [5.74, 6) is -3.25. The number of carboxylic acids is 2. The fourth-order valence-corrected chi connectivity index (χ4v) is 3.54. The van der Waals surface area contributed by atoms with Gasteiger partial charge in [-0.05, 0) is 0 Å². The molecular formula is C24H45K2LiO4. The van der Waals surface area contributed by atoms with Crippen molar-refractivity contribution in [1.29, 1.82) is 0 Å². The Hall–Kier alpha value is 2.81. The normalized spacial score (nSPS) is 11.9. The molecule has 0 spiro atoms. The monoisotopic (exact) mass is 482 g/mol. The molecule has 0 N–H and O–H groups in total. The van der Waals surface area contributed by atoms with Crippen LogP contribution in [0.5, 0.6) is 0 Å². The molecule has 0 rings (SSSR count). The van der Waals surface area contributed by atoms with E-state index in [4.69, 9.17) is 0 Å². The first-order chi connectivity index (χ1) is 13.7. The van der Waals surface area contributed by atoms with Crippen molar-refractivity contribution >= 4 is 29.7 Å². The summed E-state index contributed by atoms with van der Waals surface area (Å²) in [5.41, 5.74) is 0. The Morgan fingerprint density at radius 2 is 0.871 bits per heavy atom. The van der Waals surface area contributed by atoms with Crippen LogP contribution in [0.15, 0.2) is 0 Å². The third-order valence-electron chi connectivity index (χ3n) is 5.45. The van der Waals surface area contributed by atoms with Crippen molar-refractivity contribution < 1.29 is 123 Å². The van der Waals surface area contributed by atoms with Crippen LogP contribution in [-0.2, 0) is 9.59 Å². The molecule has 1 unspecified atom stereocenters. The summed E-state index contributed by atoms with van der Waals surface area (Å²) in [6.45, 7) is 7.09. The number of aliphatic carboxylic acids is 2. The molecule has 0 heterocycles. The van der Waals surface area contributed by atoms with Crippen molar-refractivity contribution in [1.82, 2.24) is 0 Å². The summed E-state index contributed by atoms with van der Waals surface area (Å²) in [6.07, 6.45) is 23.6. The van der Waals surface area contributed by atoms with Crippen molar-refractivity contribution in [2.75, 3.05) is 0 Å². The Balaban J connectivity index is -0.000000349. The molecule has 0 amide bonds. The molecule has 4 nitrogen and oxygen atoms in total. The molecule has 0 bridgehead atoms. The number of unbranched alkanes of at least 4 members (excludes halogenated alkanes) is 13. The molecule has 168 valence electrons. The van der Waals surface area contributed by atoms with E-state index in [0.29, 0.717) is 4.09 Å². The van der Waals surface area contributed by atoms with E-state index in [2.05, 4.69) is 38.5 Å². The number of carbonyl (C=O) groups is 2. The number of hydrogen-bond donors (Lipinski definition) is 0. The first-order valence-electron chi connectivity index (χ1n) is 12.1. The van der Waals surface area contributed by atoms with Crippen LogP contribution in [0.3, 0.4) is 0 Å². The van der Waals surface area contributed by atoms with Gasteiger partial charge >= 0.3 is 248 Å². The zero-order chi connectivity index (χ0) is 22.4. The number of carbonyl (C=O) groups excluding carboxylic acids is 2. The van der Waals surface area contributed by atoms with Gasteiger partial charge in [0.2, 0.25) is 0 Å². The van der Waals surface area contributed by atoms with Crippen LogP contribution >= 0.6 is 0 Å². The Morgan fingerprint density at radius 1 is 0.613 bits per heavy atom. The first kappa shape index (κ1) is 41.0. The van der Waals surface area contributed by atoms with Crippen LogP contribution in [0.4, 0.5) is 0 Å². The maximum atomic E-state index is 9.28. The summed E-state index contributed by atoms with van der Waals surface area (Å²) in [6, 6.07) is 0. The third kappa shape index (κ3) is 40.3. The quantitative estimate of drug-likeness (QED) is 0.133. The van der Waals surface area contributed by atoms with Gasteiger partial charge in [-0.1, -0.05) is 6.92 Å². The summed E-state index contributed by atoms with van der Waals surface area (Å²) in [5, 5.41) is 18.6. The SMILES string of the molecule is O=C([O-])CC(=O)[O-].[K+].[K+].[Li][C](C)(CCCCCCC)CCCCCCCCCCCC. The van der Waals surface area contributed by atoms with Crippen molar-refractivity contribution in [3.8, 4) is 0 Å². The van der Waals surface area contributed by atoms with Gasteiger partial charge in [-0.2, -0.15) is 0 Å². The van der Waals surface area contributed by atoms with Crippen LogP contribution in [0.2, 0.25) is 4.09 Å². The van der Waals surface area contributed by atoms with Gasteiger partial charge in [0.15, 0.2) is 0 Å². The summed E-state index contributed by atoms with van der Waals surface area (Å²) < 4.78 is 0.590. The predicted octanol–water partition coefficient (Wildman–Crippen LogP) is -1.11. The van der Waals surface area contributed by atoms with Crippen LogP contribution in [0.25, 0.3) is 0 Å². The van der Waals surface area contributed by atoms with Crippen LogP contribution < -0.4 is 113 Å². The van der Waals surface area contributed by atoms with E-state index in [1.54, 1.807) is 0 Å². The topological polar surface area (TPSA) is 80.3 Å². The molecule has 0 aliphatic rings. The average Bonchev–Trinajstić information content (AvgIpc) is 2.62. The number of carboxylic acid groups (broad SMARTS) is 2. The Labute approximate surface area is 287 Å². The zero-order valence-electron chi connectivity index (χ0n) is 21.9. The molecule has 31 heavy (non-hydrogen) atoms. The molecule has 0 aromatic carbocycles. The number of rotatable bonds is 19. The molecule has 1 atom stereocenters. The summed E-state index contributed by atoms with van der Waals surface area (Å²) >= 11 is 2.49. The molecule has 0 radical (unpaired) electrons. The van der Waals surface area contributed by atoms with E-state index >= 15 is 0 Å². The molecule has 0 fully saturated rings. The Bertz CT molecular complexity index is 382. The average molecular weight is 483 g/mol. The van der Waals surface area contributed by atoms with Crippen molar-refractivity contribution in [2.45, 2.75) is 140 Å². The second-order valence-electron chi connectivity index (χ2n) is 9.18. The van der Waals surface area contributed by atoms with Gasteiger partial charge in [-0.25, -0.2) is 0 Å². The van der Waals surface area contributed by atoms with Crippen LogP contribution in [0.1, 0.15) is 136 Å². The van der Waals surface area contributed by atoms with Gasteiger partial charge in [0.1, 0.15) is 0 Å². The fourth-order valence-electron chi connectivity index (χ4n) is 3.54. The van der Waals surface area contributed by atoms with E-state index < -0.39 is 18.4 Å². The van der Waals surface area contributed by atoms with Crippen LogP contribution in [0, 0.1) is 0 Å². The van der Waals surface area contributed by atoms with Gasteiger partial charge in [-0.15, -0.1) is 0 Å². The van der Waals surface area contributed by atoms with E-state index in [1.807, 2.05) is 0 Å². The van der Waals surface area contributed by atoms with Gasteiger partial charge in [0, 0.05) is 18.4 Å². The van der Waals surface area contributed by atoms with E-state index in [-0.39, 0.29) is 103 Å². The van der Waals surface area contributed by atoms with E-state index in [1.165, 1.54) is 109 Å². The first-order valence-corrected chi connectivity index (χ1v) is 12.1. The molecule has 0 aliphatic heterocycles. The van der Waals surface area contributed by atoms with Crippen LogP contribution in [-0.4, -0.2) is 29.7 Å². The summed E-state index contributed by atoms with van der Waals surface area (Å²) in [4.78, 5) is 18.6. The maximum absolute atomic E-state index is 9.28.